The molecule has 1 heterocycles. The third kappa shape index (κ3) is 6.75. The van der Waals surface area contributed by atoms with Gasteiger partial charge < -0.3 is 10.1 Å². The van der Waals surface area contributed by atoms with Gasteiger partial charge >= 0.3 is 0 Å². The summed E-state index contributed by atoms with van der Waals surface area (Å²) in [4.78, 5) is 17.0. The van der Waals surface area contributed by atoms with Crippen LogP contribution in [0.25, 0.3) is 6.08 Å². The van der Waals surface area contributed by atoms with Gasteiger partial charge in [0, 0.05) is 36.7 Å². The molecular formula is C25H29N3O4S2. The Balaban J connectivity index is 1.57. The fourth-order valence-electron chi connectivity index (χ4n) is 3.28. The number of amides is 1. The third-order valence-electron chi connectivity index (χ3n) is 5.11. The number of aromatic nitrogens is 1. The highest BCUT2D eigenvalue weighted by Gasteiger charge is 2.21. The van der Waals surface area contributed by atoms with Gasteiger partial charge in [0.05, 0.1) is 15.6 Å². The average molecular weight is 500 g/mol. The number of para-hydroxylation sites is 1. The van der Waals surface area contributed by atoms with Crippen LogP contribution < -0.4 is 10.1 Å². The van der Waals surface area contributed by atoms with Gasteiger partial charge in [-0.05, 0) is 36.8 Å². The van der Waals surface area contributed by atoms with E-state index < -0.39 is 10.0 Å². The molecule has 0 aliphatic carbocycles. The van der Waals surface area contributed by atoms with Crippen LogP contribution in [0.4, 0.5) is 0 Å². The van der Waals surface area contributed by atoms with E-state index in [-0.39, 0.29) is 17.3 Å². The molecule has 0 atom stereocenters. The predicted octanol–water partition coefficient (Wildman–Crippen LogP) is 4.39. The smallest absolute Gasteiger partial charge is 0.244 e. The Kier molecular flexibility index (Phi) is 8.98. The van der Waals surface area contributed by atoms with E-state index in [0.29, 0.717) is 25.4 Å². The first kappa shape index (κ1) is 25.6. The van der Waals surface area contributed by atoms with Gasteiger partial charge in [-0.1, -0.05) is 44.2 Å². The molecule has 0 aliphatic heterocycles. The number of hydrogen-bond donors (Lipinski definition) is 1. The molecular weight excluding hydrogens is 470 g/mol. The lowest BCUT2D eigenvalue weighted by molar-refractivity contribution is -0.116. The molecule has 34 heavy (non-hydrogen) atoms. The quantitative estimate of drug-likeness (QED) is 0.395. The third-order valence-corrected chi connectivity index (χ3v) is 8.00. The van der Waals surface area contributed by atoms with Crippen molar-refractivity contribution in [1.82, 2.24) is 14.6 Å². The van der Waals surface area contributed by atoms with E-state index in [9.17, 15) is 13.2 Å². The highest BCUT2D eigenvalue weighted by atomic mass is 32.2. The predicted molar refractivity (Wildman–Crippen MR) is 135 cm³/mol. The minimum atomic E-state index is -3.49. The van der Waals surface area contributed by atoms with E-state index in [1.807, 2.05) is 50.4 Å². The molecule has 0 saturated carbocycles. The number of aryl methyl sites for hydroxylation is 1. The van der Waals surface area contributed by atoms with Crippen LogP contribution in [0.3, 0.4) is 0 Å². The fraction of sp³-hybridized carbons (Fsp3) is 0.280. The van der Waals surface area contributed by atoms with E-state index in [0.717, 1.165) is 21.8 Å². The summed E-state index contributed by atoms with van der Waals surface area (Å²) >= 11 is 1.58. The molecule has 180 valence electrons. The first-order valence-electron chi connectivity index (χ1n) is 11.0. The fourth-order valence-corrected chi connectivity index (χ4v) is 5.34. The number of carbonyl (C=O) groups excluding carboxylic acids is 1. The van der Waals surface area contributed by atoms with Crippen molar-refractivity contribution < 1.29 is 17.9 Å². The number of thiazole rings is 1. The number of nitrogens with zero attached hydrogens (tertiary/aromatic N) is 2. The van der Waals surface area contributed by atoms with Crippen LogP contribution in [0.1, 0.15) is 35.7 Å². The van der Waals surface area contributed by atoms with Crippen LogP contribution in [-0.2, 0) is 28.0 Å². The highest BCUT2D eigenvalue weighted by molar-refractivity contribution is 7.89. The van der Waals surface area contributed by atoms with Crippen molar-refractivity contribution in [2.24, 2.45) is 0 Å². The number of ether oxygens (including phenoxy) is 1. The maximum Gasteiger partial charge on any atom is 0.244 e. The lowest BCUT2D eigenvalue weighted by atomic mass is 10.2. The normalized spacial score (nSPS) is 11.8. The van der Waals surface area contributed by atoms with Gasteiger partial charge in [0.25, 0.3) is 0 Å². The topological polar surface area (TPSA) is 88.6 Å². The second-order valence-electron chi connectivity index (χ2n) is 7.47. The van der Waals surface area contributed by atoms with Gasteiger partial charge in [-0.2, -0.15) is 4.31 Å². The minimum Gasteiger partial charge on any atom is -0.487 e. The van der Waals surface area contributed by atoms with Crippen LogP contribution in [0, 0.1) is 6.92 Å². The molecule has 3 aromatic rings. The Morgan fingerprint density at radius 3 is 2.47 bits per heavy atom. The van der Waals surface area contributed by atoms with Gasteiger partial charge in [0.15, 0.2) is 0 Å². The van der Waals surface area contributed by atoms with Crippen molar-refractivity contribution in [3.63, 3.8) is 0 Å². The summed E-state index contributed by atoms with van der Waals surface area (Å²) in [6, 6.07) is 14.1. The summed E-state index contributed by atoms with van der Waals surface area (Å²) in [5, 5.41) is 5.77. The number of rotatable bonds is 11. The van der Waals surface area contributed by atoms with Crippen molar-refractivity contribution >= 4 is 33.3 Å². The van der Waals surface area contributed by atoms with Gasteiger partial charge in [-0.15, -0.1) is 11.3 Å². The highest BCUT2D eigenvalue weighted by Crippen LogP contribution is 2.21. The average Bonchev–Trinajstić information content (AvgIpc) is 3.26. The molecule has 3 rings (SSSR count). The molecule has 0 bridgehead atoms. The first-order chi connectivity index (χ1) is 16.3. The van der Waals surface area contributed by atoms with E-state index in [1.165, 1.54) is 10.4 Å². The second-order valence-corrected chi connectivity index (χ2v) is 10.5. The monoisotopic (exact) mass is 499 g/mol. The number of hydrogen-bond acceptors (Lipinski definition) is 6. The number of carbonyl (C=O) groups is 1. The van der Waals surface area contributed by atoms with E-state index in [1.54, 1.807) is 41.7 Å². The van der Waals surface area contributed by atoms with Crippen molar-refractivity contribution in [2.45, 2.75) is 38.8 Å². The minimum absolute atomic E-state index is 0.246. The SMILES string of the molecule is CCN(CC)S(=O)(=O)c1ccc(CNC(=O)/C=C/c2ccccc2OCc2csc(C)n2)cc1. The molecule has 1 amide bonds. The van der Waals surface area contributed by atoms with E-state index >= 15 is 0 Å². The maximum atomic E-state index is 12.6. The van der Waals surface area contributed by atoms with Crippen molar-refractivity contribution in [3.05, 3.63) is 81.8 Å². The van der Waals surface area contributed by atoms with Crippen molar-refractivity contribution in [2.75, 3.05) is 13.1 Å². The van der Waals surface area contributed by atoms with Gasteiger partial charge in [0.1, 0.15) is 12.4 Å². The molecule has 0 aliphatic rings. The van der Waals surface area contributed by atoms with Gasteiger partial charge in [-0.3, -0.25) is 4.79 Å². The van der Waals surface area contributed by atoms with Crippen LogP contribution in [0.5, 0.6) is 5.75 Å². The Morgan fingerprint density at radius 1 is 1.12 bits per heavy atom. The molecule has 0 saturated heterocycles. The second kappa shape index (κ2) is 11.9. The van der Waals surface area contributed by atoms with E-state index in [4.69, 9.17) is 4.74 Å². The molecule has 0 radical (unpaired) electrons. The number of nitrogens with one attached hydrogen (secondary N) is 1. The summed E-state index contributed by atoms with van der Waals surface area (Å²) < 4.78 is 32.5. The summed E-state index contributed by atoms with van der Waals surface area (Å²) in [7, 11) is -3.49. The lowest BCUT2D eigenvalue weighted by Gasteiger charge is -2.18. The Labute approximate surface area is 205 Å². The zero-order valence-corrected chi connectivity index (χ0v) is 21.2. The Morgan fingerprint density at radius 2 is 1.82 bits per heavy atom. The van der Waals surface area contributed by atoms with Gasteiger partial charge in [0.2, 0.25) is 15.9 Å². The number of benzene rings is 2. The number of sulfonamides is 1. The summed E-state index contributed by atoms with van der Waals surface area (Å²) in [5.74, 6) is 0.409. The molecule has 1 N–H and O–H groups in total. The molecule has 9 heteroatoms. The molecule has 0 unspecified atom stereocenters. The van der Waals surface area contributed by atoms with Crippen LogP contribution in [0.2, 0.25) is 0 Å². The van der Waals surface area contributed by atoms with Gasteiger partial charge in [-0.25, -0.2) is 13.4 Å². The van der Waals surface area contributed by atoms with Crippen molar-refractivity contribution in [3.8, 4) is 5.75 Å². The summed E-state index contributed by atoms with van der Waals surface area (Å²) in [6.45, 7) is 7.06. The molecule has 7 nitrogen and oxygen atoms in total. The Hall–Kier alpha value is -3.01. The van der Waals surface area contributed by atoms with Crippen LogP contribution >= 0.6 is 11.3 Å². The van der Waals surface area contributed by atoms with Crippen LogP contribution in [0.15, 0.2) is 64.9 Å². The molecule has 0 spiro atoms. The van der Waals surface area contributed by atoms with Crippen LogP contribution in [-0.4, -0.2) is 36.7 Å². The zero-order valence-electron chi connectivity index (χ0n) is 19.5. The molecule has 2 aromatic carbocycles. The standard InChI is InChI=1S/C25H29N3O4S2/c1-4-28(5-2)34(30,31)23-13-10-20(11-14-23)16-26-25(29)15-12-21-8-6-7-9-24(21)32-17-22-18-33-19(3)27-22/h6-15,18H,4-5,16-17H2,1-3H3,(H,26,29)/b15-12+. The first-order valence-corrected chi connectivity index (χ1v) is 13.3. The molecule has 1 aromatic heterocycles. The summed E-state index contributed by atoms with van der Waals surface area (Å²) in [5.41, 5.74) is 2.47. The maximum absolute atomic E-state index is 12.6. The van der Waals surface area contributed by atoms with Crippen molar-refractivity contribution in [1.29, 1.82) is 0 Å². The zero-order chi connectivity index (χ0) is 24.6. The van der Waals surface area contributed by atoms with E-state index in [2.05, 4.69) is 10.3 Å². The summed E-state index contributed by atoms with van der Waals surface area (Å²) in [6.07, 6.45) is 3.16. The lowest BCUT2D eigenvalue weighted by Crippen LogP contribution is -2.30. The Bertz CT molecular complexity index is 1230. The largest absolute Gasteiger partial charge is 0.487 e. The molecule has 0 fully saturated rings.